The molecule has 1 rings (SSSR count). The predicted molar refractivity (Wildman–Crippen MR) is 60.7 cm³/mol. The molecule has 0 fully saturated rings. The van der Waals surface area contributed by atoms with Crippen molar-refractivity contribution in [2.45, 2.75) is 25.8 Å². The third kappa shape index (κ3) is 2.57. The standard InChI is InChI=1S/C11H13BrN2/c1-2-3-11(14)8-4-5-9(7-13)10(12)6-8/h4-6,11H,2-3,14H2,1H3/t11-/m1/s1. The van der Waals surface area contributed by atoms with Crippen molar-refractivity contribution in [2.75, 3.05) is 0 Å². The van der Waals surface area contributed by atoms with E-state index in [2.05, 4.69) is 28.9 Å². The van der Waals surface area contributed by atoms with Crippen LogP contribution in [0.25, 0.3) is 0 Å². The van der Waals surface area contributed by atoms with Crippen LogP contribution < -0.4 is 5.73 Å². The van der Waals surface area contributed by atoms with Gasteiger partial charge in [-0.25, -0.2) is 0 Å². The van der Waals surface area contributed by atoms with Gasteiger partial charge in [-0.1, -0.05) is 19.4 Å². The maximum absolute atomic E-state index is 8.74. The van der Waals surface area contributed by atoms with Gasteiger partial charge >= 0.3 is 0 Å². The van der Waals surface area contributed by atoms with Crippen LogP contribution >= 0.6 is 15.9 Å². The first kappa shape index (κ1) is 11.2. The van der Waals surface area contributed by atoms with Gasteiger partial charge in [0.15, 0.2) is 0 Å². The first-order chi connectivity index (χ1) is 6.69. The minimum Gasteiger partial charge on any atom is -0.324 e. The zero-order valence-electron chi connectivity index (χ0n) is 8.13. The van der Waals surface area contributed by atoms with Gasteiger partial charge in [-0.3, -0.25) is 0 Å². The van der Waals surface area contributed by atoms with Crippen LogP contribution in [-0.2, 0) is 0 Å². The first-order valence-corrected chi connectivity index (χ1v) is 5.43. The van der Waals surface area contributed by atoms with E-state index in [1.54, 1.807) is 6.07 Å². The number of halogens is 1. The highest BCUT2D eigenvalue weighted by Crippen LogP contribution is 2.22. The van der Waals surface area contributed by atoms with Crippen molar-refractivity contribution in [1.29, 1.82) is 5.26 Å². The molecule has 0 saturated carbocycles. The quantitative estimate of drug-likeness (QED) is 0.899. The molecule has 0 radical (unpaired) electrons. The first-order valence-electron chi connectivity index (χ1n) is 4.64. The van der Waals surface area contributed by atoms with Crippen LogP contribution in [0, 0.1) is 11.3 Å². The zero-order chi connectivity index (χ0) is 10.6. The van der Waals surface area contributed by atoms with Gasteiger partial charge in [0.1, 0.15) is 6.07 Å². The van der Waals surface area contributed by atoms with E-state index in [9.17, 15) is 0 Å². The highest BCUT2D eigenvalue weighted by Gasteiger charge is 2.06. The number of nitriles is 1. The van der Waals surface area contributed by atoms with E-state index in [4.69, 9.17) is 11.0 Å². The van der Waals surface area contributed by atoms with Crippen molar-refractivity contribution in [3.05, 3.63) is 33.8 Å². The van der Waals surface area contributed by atoms with Crippen molar-refractivity contribution in [2.24, 2.45) is 5.73 Å². The monoisotopic (exact) mass is 252 g/mol. The SMILES string of the molecule is CCC[C@@H](N)c1ccc(C#N)c(Br)c1. The molecule has 0 aromatic heterocycles. The minimum atomic E-state index is 0.0732. The summed E-state index contributed by atoms with van der Waals surface area (Å²) in [7, 11) is 0. The molecule has 0 spiro atoms. The predicted octanol–water partition coefficient (Wildman–Crippen LogP) is 3.12. The van der Waals surface area contributed by atoms with E-state index in [-0.39, 0.29) is 6.04 Å². The van der Waals surface area contributed by atoms with Gasteiger partial charge in [0.05, 0.1) is 5.56 Å². The molecule has 0 aliphatic carbocycles. The van der Waals surface area contributed by atoms with E-state index in [1.165, 1.54) is 0 Å². The van der Waals surface area contributed by atoms with Crippen molar-refractivity contribution in [1.82, 2.24) is 0 Å². The van der Waals surface area contributed by atoms with Gasteiger partial charge in [-0.15, -0.1) is 0 Å². The smallest absolute Gasteiger partial charge is 0.100 e. The Labute approximate surface area is 92.9 Å². The molecule has 14 heavy (non-hydrogen) atoms. The van der Waals surface area contributed by atoms with E-state index in [0.717, 1.165) is 22.9 Å². The minimum absolute atomic E-state index is 0.0732. The van der Waals surface area contributed by atoms with E-state index < -0.39 is 0 Å². The molecule has 0 unspecified atom stereocenters. The van der Waals surface area contributed by atoms with Crippen LogP contribution in [-0.4, -0.2) is 0 Å². The summed E-state index contributed by atoms with van der Waals surface area (Å²) in [5.41, 5.74) is 7.69. The van der Waals surface area contributed by atoms with Crippen LogP contribution in [0.2, 0.25) is 0 Å². The number of benzene rings is 1. The van der Waals surface area contributed by atoms with Crippen molar-refractivity contribution in [3.63, 3.8) is 0 Å². The molecule has 0 aliphatic heterocycles. The number of nitrogens with zero attached hydrogens (tertiary/aromatic N) is 1. The summed E-state index contributed by atoms with van der Waals surface area (Å²) in [5.74, 6) is 0. The molecule has 0 bridgehead atoms. The molecule has 0 aliphatic rings. The number of rotatable bonds is 3. The van der Waals surface area contributed by atoms with Gasteiger partial charge in [-0.05, 0) is 40.0 Å². The molecule has 1 atom stereocenters. The lowest BCUT2D eigenvalue weighted by Crippen LogP contribution is -2.09. The molecule has 0 amide bonds. The topological polar surface area (TPSA) is 49.8 Å². The Hall–Kier alpha value is -0.850. The van der Waals surface area contributed by atoms with Crippen molar-refractivity contribution >= 4 is 15.9 Å². The second-order valence-corrected chi connectivity index (χ2v) is 4.10. The van der Waals surface area contributed by atoms with Crippen LogP contribution in [0.15, 0.2) is 22.7 Å². The fourth-order valence-electron chi connectivity index (χ4n) is 1.33. The molecule has 2 nitrogen and oxygen atoms in total. The maximum atomic E-state index is 8.74. The van der Waals surface area contributed by atoms with Crippen LogP contribution in [0.5, 0.6) is 0 Å². The normalized spacial score (nSPS) is 12.1. The van der Waals surface area contributed by atoms with E-state index >= 15 is 0 Å². The van der Waals surface area contributed by atoms with Crippen LogP contribution in [0.4, 0.5) is 0 Å². The average Bonchev–Trinajstić information content (AvgIpc) is 2.18. The third-order valence-corrected chi connectivity index (χ3v) is 2.80. The highest BCUT2D eigenvalue weighted by atomic mass is 79.9. The molecule has 1 aromatic rings. The summed E-state index contributed by atoms with van der Waals surface area (Å²) in [6, 6.07) is 7.83. The van der Waals surface area contributed by atoms with Crippen molar-refractivity contribution < 1.29 is 0 Å². The van der Waals surface area contributed by atoms with Gasteiger partial charge in [0.25, 0.3) is 0 Å². The Kier molecular flexibility index (Phi) is 4.12. The molecule has 0 saturated heterocycles. The van der Waals surface area contributed by atoms with Gasteiger partial charge in [0.2, 0.25) is 0 Å². The maximum Gasteiger partial charge on any atom is 0.100 e. The summed E-state index contributed by atoms with van der Waals surface area (Å²) in [4.78, 5) is 0. The molecular weight excluding hydrogens is 240 g/mol. The summed E-state index contributed by atoms with van der Waals surface area (Å²) in [6.45, 7) is 2.11. The number of hydrogen-bond acceptors (Lipinski definition) is 2. The lowest BCUT2D eigenvalue weighted by Gasteiger charge is -2.11. The Bertz CT molecular complexity index is 355. The molecule has 0 heterocycles. The van der Waals surface area contributed by atoms with Crippen LogP contribution in [0.3, 0.4) is 0 Å². The van der Waals surface area contributed by atoms with E-state index in [1.807, 2.05) is 12.1 Å². The average molecular weight is 253 g/mol. The fraction of sp³-hybridized carbons (Fsp3) is 0.364. The van der Waals surface area contributed by atoms with Gasteiger partial charge in [0, 0.05) is 10.5 Å². The lowest BCUT2D eigenvalue weighted by molar-refractivity contribution is 0.638. The lowest BCUT2D eigenvalue weighted by atomic mass is 10.0. The second-order valence-electron chi connectivity index (χ2n) is 3.25. The molecular formula is C11H13BrN2. The fourth-order valence-corrected chi connectivity index (χ4v) is 1.82. The van der Waals surface area contributed by atoms with Crippen molar-refractivity contribution in [3.8, 4) is 6.07 Å². The highest BCUT2D eigenvalue weighted by molar-refractivity contribution is 9.10. The van der Waals surface area contributed by atoms with Gasteiger partial charge < -0.3 is 5.73 Å². The summed E-state index contributed by atoms with van der Waals surface area (Å²) in [6.07, 6.45) is 2.04. The van der Waals surface area contributed by atoms with Gasteiger partial charge in [-0.2, -0.15) is 5.26 Å². The Morgan fingerprint density at radius 1 is 1.57 bits per heavy atom. The summed E-state index contributed by atoms with van der Waals surface area (Å²) >= 11 is 3.35. The third-order valence-electron chi connectivity index (χ3n) is 2.14. The molecule has 2 N–H and O–H groups in total. The Morgan fingerprint density at radius 3 is 2.79 bits per heavy atom. The van der Waals surface area contributed by atoms with Crippen LogP contribution in [0.1, 0.15) is 36.9 Å². The molecule has 3 heteroatoms. The Morgan fingerprint density at radius 2 is 2.29 bits per heavy atom. The second kappa shape index (κ2) is 5.14. The Balaban J connectivity index is 2.92. The summed E-state index contributed by atoms with van der Waals surface area (Å²) in [5, 5.41) is 8.74. The summed E-state index contributed by atoms with van der Waals surface area (Å²) < 4.78 is 0.823. The molecule has 74 valence electrons. The largest absolute Gasteiger partial charge is 0.324 e. The number of hydrogen-bond donors (Lipinski definition) is 1. The number of nitrogens with two attached hydrogens (primary N) is 1. The van der Waals surface area contributed by atoms with E-state index in [0.29, 0.717) is 5.56 Å². The molecule has 1 aromatic carbocycles. The zero-order valence-corrected chi connectivity index (χ0v) is 9.71.